The molecular weight excluding hydrogens is 230 g/mol. The topological polar surface area (TPSA) is 30.7 Å². The van der Waals surface area contributed by atoms with E-state index in [1.165, 1.54) is 0 Å². The van der Waals surface area contributed by atoms with Crippen molar-refractivity contribution in [1.29, 1.82) is 0 Å². The molecule has 0 fully saturated rings. The smallest absolute Gasteiger partial charge is 0.174 e. The van der Waals surface area contributed by atoms with Crippen molar-refractivity contribution in [3.8, 4) is 5.82 Å². The fourth-order valence-electron chi connectivity index (χ4n) is 1.85. The van der Waals surface area contributed by atoms with Crippen LogP contribution in [-0.2, 0) is 0 Å². The molecule has 0 aliphatic carbocycles. The highest BCUT2D eigenvalue weighted by Gasteiger charge is 2.11. The lowest BCUT2D eigenvalue weighted by Gasteiger charge is -2.05. The van der Waals surface area contributed by atoms with Crippen molar-refractivity contribution in [3.05, 3.63) is 48.7 Å². The van der Waals surface area contributed by atoms with Crippen molar-refractivity contribution in [2.24, 2.45) is 0 Å². The fraction of sp³-hybridized carbons (Fsp3) is 0.0769. The second kappa shape index (κ2) is 4.22. The quantitative estimate of drug-likeness (QED) is 0.646. The minimum absolute atomic E-state index is 0.908. The molecule has 0 aliphatic rings. The van der Waals surface area contributed by atoms with E-state index in [-0.39, 0.29) is 0 Å². The minimum Gasteiger partial charge on any atom is -0.271 e. The second-order valence-electron chi connectivity index (χ2n) is 3.61. The van der Waals surface area contributed by atoms with Gasteiger partial charge < -0.3 is 0 Å². The molecule has 17 heavy (non-hydrogen) atoms. The van der Waals surface area contributed by atoms with Crippen molar-refractivity contribution in [1.82, 2.24) is 14.5 Å². The first kappa shape index (κ1) is 10.4. The summed E-state index contributed by atoms with van der Waals surface area (Å²) in [6.07, 6.45) is 3.83. The van der Waals surface area contributed by atoms with Crippen LogP contribution in [-0.4, -0.2) is 20.8 Å². The number of fused-ring (bicyclic) bond motifs is 1. The van der Waals surface area contributed by atoms with Gasteiger partial charge in [-0.25, -0.2) is 9.97 Å². The first-order valence-corrected chi connectivity index (χ1v) is 6.55. The monoisotopic (exact) mass is 241 g/mol. The van der Waals surface area contributed by atoms with E-state index in [0.717, 1.165) is 22.0 Å². The van der Waals surface area contributed by atoms with E-state index in [9.17, 15) is 0 Å². The van der Waals surface area contributed by atoms with Gasteiger partial charge in [-0.3, -0.25) is 4.57 Å². The summed E-state index contributed by atoms with van der Waals surface area (Å²) in [5.74, 6) is 0.908. The zero-order valence-corrected chi connectivity index (χ0v) is 10.2. The summed E-state index contributed by atoms with van der Waals surface area (Å²) in [4.78, 5) is 8.98. The summed E-state index contributed by atoms with van der Waals surface area (Å²) < 4.78 is 2.08. The Balaban J connectivity index is 2.34. The number of pyridine rings is 1. The molecule has 0 bridgehead atoms. The highest BCUT2D eigenvalue weighted by molar-refractivity contribution is 7.98. The van der Waals surface area contributed by atoms with Crippen LogP contribution in [0, 0.1) is 0 Å². The number of imidazole rings is 1. The Labute approximate surface area is 104 Å². The maximum absolute atomic E-state index is 4.59. The number of nitrogens with zero attached hydrogens (tertiary/aromatic N) is 3. The number of para-hydroxylation sites is 2. The van der Waals surface area contributed by atoms with Crippen LogP contribution in [0.2, 0.25) is 0 Å². The Kier molecular flexibility index (Phi) is 2.57. The van der Waals surface area contributed by atoms with Crippen LogP contribution in [0.3, 0.4) is 0 Å². The average Bonchev–Trinajstić information content (AvgIpc) is 2.78. The highest BCUT2D eigenvalue weighted by Crippen LogP contribution is 2.25. The molecule has 84 valence electrons. The SMILES string of the molecule is CSc1nc2ccccc2n1-c1ccccn1. The first-order chi connectivity index (χ1) is 8.40. The zero-order valence-electron chi connectivity index (χ0n) is 9.37. The number of hydrogen-bond donors (Lipinski definition) is 0. The van der Waals surface area contributed by atoms with Crippen LogP contribution in [0.1, 0.15) is 0 Å². The van der Waals surface area contributed by atoms with E-state index in [1.54, 1.807) is 18.0 Å². The third kappa shape index (κ3) is 1.70. The molecule has 0 saturated heterocycles. The zero-order chi connectivity index (χ0) is 11.7. The molecule has 0 saturated carbocycles. The van der Waals surface area contributed by atoms with Crippen molar-refractivity contribution < 1.29 is 0 Å². The Morgan fingerprint density at radius 1 is 1.06 bits per heavy atom. The molecular formula is C13H11N3S. The number of hydrogen-bond acceptors (Lipinski definition) is 3. The number of thioether (sulfide) groups is 1. The molecule has 0 N–H and O–H groups in total. The van der Waals surface area contributed by atoms with Crippen molar-refractivity contribution >= 4 is 22.8 Å². The standard InChI is InChI=1S/C13H11N3S/c1-17-13-15-10-6-2-3-7-11(10)16(13)12-8-4-5-9-14-12/h2-9H,1H3. The summed E-state index contributed by atoms with van der Waals surface area (Å²) >= 11 is 1.63. The summed E-state index contributed by atoms with van der Waals surface area (Å²) in [7, 11) is 0. The Hall–Kier alpha value is -1.81. The molecule has 3 nitrogen and oxygen atoms in total. The van der Waals surface area contributed by atoms with Gasteiger partial charge in [0.25, 0.3) is 0 Å². The van der Waals surface area contributed by atoms with Crippen LogP contribution >= 0.6 is 11.8 Å². The molecule has 0 unspecified atom stereocenters. The van der Waals surface area contributed by atoms with Gasteiger partial charge in [0.05, 0.1) is 11.0 Å². The molecule has 3 rings (SSSR count). The van der Waals surface area contributed by atoms with Crippen LogP contribution in [0.15, 0.2) is 53.8 Å². The van der Waals surface area contributed by atoms with E-state index >= 15 is 0 Å². The molecule has 2 heterocycles. The minimum atomic E-state index is 0.908. The van der Waals surface area contributed by atoms with Gasteiger partial charge in [0, 0.05) is 6.20 Å². The maximum Gasteiger partial charge on any atom is 0.174 e. The van der Waals surface area contributed by atoms with Gasteiger partial charge in [-0.2, -0.15) is 0 Å². The fourth-order valence-corrected chi connectivity index (χ4v) is 2.41. The van der Waals surface area contributed by atoms with Gasteiger partial charge in [-0.1, -0.05) is 30.0 Å². The Morgan fingerprint density at radius 2 is 1.88 bits per heavy atom. The average molecular weight is 241 g/mol. The largest absolute Gasteiger partial charge is 0.271 e. The molecule has 3 aromatic rings. The summed E-state index contributed by atoms with van der Waals surface area (Å²) in [5.41, 5.74) is 2.10. The number of benzene rings is 1. The summed E-state index contributed by atoms with van der Waals surface area (Å²) in [6.45, 7) is 0. The Bertz CT molecular complexity index is 646. The molecule has 0 atom stereocenters. The second-order valence-corrected chi connectivity index (χ2v) is 4.38. The first-order valence-electron chi connectivity index (χ1n) is 5.33. The van der Waals surface area contributed by atoms with E-state index in [1.807, 2.05) is 42.7 Å². The molecule has 1 aromatic carbocycles. The van der Waals surface area contributed by atoms with Gasteiger partial charge in [0.1, 0.15) is 5.82 Å². The lowest BCUT2D eigenvalue weighted by molar-refractivity contribution is 0.888. The normalized spacial score (nSPS) is 10.9. The molecule has 0 spiro atoms. The molecule has 0 aliphatic heterocycles. The van der Waals surface area contributed by atoms with Crippen LogP contribution in [0.5, 0.6) is 0 Å². The van der Waals surface area contributed by atoms with Gasteiger partial charge in [-0.05, 0) is 30.5 Å². The van der Waals surface area contributed by atoms with Crippen LogP contribution in [0.4, 0.5) is 0 Å². The lowest BCUT2D eigenvalue weighted by atomic mass is 10.3. The molecule has 0 radical (unpaired) electrons. The van der Waals surface area contributed by atoms with Gasteiger partial charge in [0.2, 0.25) is 0 Å². The predicted octanol–water partition coefficient (Wildman–Crippen LogP) is 3.14. The van der Waals surface area contributed by atoms with Crippen molar-refractivity contribution in [3.63, 3.8) is 0 Å². The van der Waals surface area contributed by atoms with Crippen LogP contribution < -0.4 is 0 Å². The van der Waals surface area contributed by atoms with Crippen molar-refractivity contribution in [2.75, 3.05) is 6.26 Å². The molecule has 2 aromatic heterocycles. The van der Waals surface area contributed by atoms with E-state index in [4.69, 9.17) is 0 Å². The van der Waals surface area contributed by atoms with E-state index in [2.05, 4.69) is 20.6 Å². The third-order valence-corrected chi connectivity index (χ3v) is 3.23. The van der Waals surface area contributed by atoms with E-state index in [0.29, 0.717) is 0 Å². The van der Waals surface area contributed by atoms with E-state index < -0.39 is 0 Å². The highest BCUT2D eigenvalue weighted by atomic mass is 32.2. The molecule has 4 heteroatoms. The third-order valence-electron chi connectivity index (χ3n) is 2.59. The maximum atomic E-state index is 4.59. The molecule has 0 amide bonds. The summed E-state index contributed by atoms with van der Waals surface area (Å²) in [5, 5.41) is 0.963. The van der Waals surface area contributed by atoms with Gasteiger partial charge >= 0.3 is 0 Å². The van der Waals surface area contributed by atoms with Gasteiger partial charge in [-0.15, -0.1) is 0 Å². The summed E-state index contributed by atoms with van der Waals surface area (Å²) in [6, 6.07) is 14.0. The van der Waals surface area contributed by atoms with Crippen LogP contribution in [0.25, 0.3) is 16.9 Å². The lowest BCUT2D eigenvalue weighted by Crippen LogP contribution is -1.97. The van der Waals surface area contributed by atoms with Crippen molar-refractivity contribution in [2.45, 2.75) is 5.16 Å². The predicted molar refractivity (Wildman–Crippen MR) is 70.6 cm³/mol. The number of aromatic nitrogens is 3. The number of rotatable bonds is 2. The Morgan fingerprint density at radius 3 is 2.65 bits per heavy atom. The van der Waals surface area contributed by atoms with Gasteiger partial charge in [0.15, 0.2) is 5.16 Å².